The molecule has 0 aliphatic carbocycles. The van der Waals surface area contributed by atoms with Gasteiger partial charge in [-0.2, -0.15) is 0 Å². The first-order valence-corrected chi connectivity index (χ1v) is 9.25. The van der Waals surface area contributed by atoms with Gasteiger partial charge >= 0.3 is 0 Å². The zero-order chi connectivity index (χ0) is 19.7. The molecule has 1 aliphatic heterocycles. The number of aryl methyl sites for hydroxylation is 2. The molecule has 0 aromatic carbocycles. The number of aromatic amines is 1. The number of amides is 1. The van der Waals surface area contributed by atoms with Crippen LogP contribution in [0, 0.1) is 0 Å². The van der Waals surface area contributed by atoms with Gasteiger partial charge in [-0.05, 0) is 55.2 Å². The summed E-state index contributed by atoms with van der Waals surface area (Å²) in [4.78, 5) is 39.9. The zero-order valence-corrected chi connectivity index (χ0v) is 15.8. The second-order valence-electron chi connectivity index (χ2n) is 6.74. The van der Waals surface area contributed by atoms with E-state index in [1.54, 1.807) is 30.4 Å². The van der Waals surface area contributed by atoms with Gasteiger partial charge in [-0.25, -0.2) is 4.98 Å². The molecule has 0 fully saturated rings. The lowest BCUT2D eigenvalue weighted by Gasteiger charge is -2.23. The summed E-state index contributed by atoms with van der Waals surface area (Å²) in [5.74, 6) is 1.01. The predicted molar refractivity (Wildman–Crippen MR) is 108 cm³/mol. The van der Waals surface area contributed by atoms with Crippen LogP contribution >= 0.6 is 0 Å². The number of aromatic nitrogens is 3. The zero-order valence-electron chi connectivity index (χ0n) is 15.8. The maximum Gasteiger partial charge on any atom is 0.261 e. The molecular formula is C21H21N5O2. The summed E-state index contributed by atoms with van der Waals surface area (Å²) in [6.07, 6.45) is 6.98. The molecule has 1 amide bonds. The molecule has 1 aliphatic rings. The average Bonchev–Trinajstić information content (AvgIpc) is 2.80. The lowest BCUT2D eigenvalue weighted by atomic mass is 10.0. The Kier molecular flexibility index (Phi) is 4.65. The lowest BCUT2D eigenvalue weighted by Crippen LogP contribution is -2.26. The molecule has 3 aromatic rings. The van der Waals surface area contributed by atoms with Crippen molar-refractivity contribution in [1.82, 2.24) is 15.0 Å². The molecule has 0 unspecified atom stereocenters. The van der Waals surface area contributed by atoms with Crippen LogP contribution in [0.4, 0.5) is 17.3 Å². The van der Waals surface area contributed by atoms with Crippen LogP contribution < -0.4 is 15.4 Å². The van der Waals surface area contributed by atoms with E-state index in [2.05, 4.69) is 15.0 Å². The van der Waals surface area contributed by atoms with Crippen molar-refractivity contribution in [3.05, 3.63) is 76.0 Å². The van der Waals surface area contributed by atoms with E-state index in [1.165, 1.54) is 11.6 Å². The number of carbonyl (C=O) groups excluding carboxylic acids is 1. The molecule has 142 valence electrons. The fourth-order valence-electron chi connectivity index (χ4n) is 3.48. The molecule has 1 N–H and O–H groups in total. The van der Waals surface area contributed by atoms with E-state index < -0.39 is 0 Å². The van der Waals surface area contributed by atoms with Crippen molar-refractivity contribution in [3.63, 3.8) is 0 Å². The Morgan fingerprint density at radius 3 is 2.54 bits per heavy atom. The first-order chi connectivity index (χ1) is 13.6. The number of nitrogens with zero attached hydrogens (tertiary/aromatic N) is 4. The molecule has 3 aromatic heterocycles. The molecule has 4 heterocycles. The van der Waals surface area contributed by atoms with E-state index in [0.717, 1.165) is 18.4 Å². The molecule has 7 nitrogen and oxygen atoms in total. The van der Waals surface area contributed by atoms with Crippen molar-refractivity contribution in [1.29, 1.82) is 0 Å². The van der Waals surface area contributed by atoms with Crippen LogP contribution in [0.3, 0.4) is 0 Å². The Morgan fingerprint density at radius 1 is 1.04 bits per heavy atom. The predicted octanol–water partition coefficient (Wildman–Crippen LogP) is 2.70. The summed E-state index contributed by atoms with van der Waals surface area (Å²) in [6.45, 7) is 2.54. The van der Waals surface area contributed by atoms with E-state index in [4.69, 9.17) is 0 Å². The molecule has 0 saturated heterocycles. The van der Waals surface area contributed by atoms with Crippen molar-refractivity contribution in [3.8, 4) is 0 Å². The number of hydrogen-bond donors (Lipinski definition) is 1. The fourth-order valence-corrected chi connectivity index (χ4v) is 3.48. The van der Waals surface area contributed by atoms with E-state index in [9.17, 15) is 9.59 Å². The molecule has 0 bridgehead atoms. The SMILES string of the molecule is CCN1c2ncc(CCc3ccncc3)cc2C(=O)N(C)c2ccc(=O)[nH]c21. The Labute approximate surface area is 162 Å². The second-order valence-corrected chi connectivity index (χ2v) is 6.74. The summed E-state index contributed by atoms with van der Waals surface area (Å²) in [7, 11) is 1.71. The Hall–Kier alpha value is -3.48. The highest BCUT2D eigenvalue weighted by molar-refractivity contribution is 6.12. The molecular weight excluding hydrogens is 354 g/mol. The minimum absolute atomic E-state index is 0.141. The third-order valence-electron chi connectivity index (χ3n) is 4.99. The van der Waals surface area contributed by atoms with Crippen LogP contribution in [0.15, 0.2) is 53.7 Å². The van der Waals surface area contributed by atoms with Crippen LogP contribution in [0.1, 0.15) is 28.4 Å². The summed E-state index contributed by atoms with van der Waals surface area (Å²) in [6, 6.07) is 8.99. The van der Waals surface area contributed by atoms with E-state index >= 15 is 0 Å². The van der Waals surface area contributed by atoms with Crippen LogP contribution in [0.5, 0.6) is 0 Å². The minimum atomic E-state index is -0.213. The van der Waals surface area contributed by atoms with Gasteiger partial charge in [-0.15, -0.1) is 0 Å². The highest BCUT2D eigenvalue weighted by Crippen LogP contribution is 2.36. The van der Waals surface area contributed by atoms with Gasteiger partial charge in [0.05, 0.1) is 11.3 Å². The van der Waals surface area contributed by atoms with Gasteiger partial charge in [0.25, 0.3) is 5.91 Å². The Bertz CT molecular complexity index is 1080. The number of rotatable bonds is 4. The summed E-state index contributed by atoms with van der Waals surface area (Å²) in [5, 5.41) is 0. The van der Waals surface area contributed by atoms with Gasteiger partial charge < -0.3 is 14.8 Å². The highest BCUT2D eigenvalue weighted by atomic mass is 16.2. The van der Waals surface area contributed by atoms with Crippen molar-refractivity contribution < 1.29 is 4.79 Å². The summed E-state index contributed by atoms with van der Waals surface area (Å²) >= 11 is 0. The molecule has 7 heteroatoms. The van der Waals surface area contributed by atoms with Crippen molar-refractivity contribution in [2.45, 2.75) is 19.8 Å². The lowest BCUT2D eigenvalue weighted by molar-refractivity contribution is 0.0994. The number of pyridine rings is 3. The maximum atomic E-state index is 13.1. The van der Waals surface area contributed by atoms with Gasteiger partial charge in [-0.3, -0.25) is 14.6 Å². The van der Waals surface area contributed by atoms with Crippen molar-refractivity contribution in [2.75, 3.05) is 23.4 Å². The van der Waals surface area contributed by atoms with Crippen molar-refractivity contribution >= 4 is 23.2 Å². The normalized spacial score (nSPS) is 13.1. The molecule has 0 spiro atoms. The fraction of sp³-hybridized carbons (Fsp3) is 0.238. The Morgan fingerprint density at radius 2 is 1.79 bits per heavy atom. The topological polar surface area (TPSA) is 82.2 Å². The van der Waals surface area contributed by atoms with Gasteiger partial charge in [-0.1, -0.05) is 0 Å². The largest absolute Gasteiger partial charge is 0.310 e. The van der Waals surface area contributed by atoms with Gasteiger partial charge in [0, 0.05) is 38.2 Å². The van der Waals surface area contributed by atoms with Crippen LogP contribution in [-0.2, 0) is 12.8 Å². The number of fused-ring (bicyclic) bond motifs is 2. The number of nitrogens with one attached hydrogen (secondary N) is 1. The minimum Gasteiger partial charge on any atom is -0.310 e. The van der Waals surface area contributed by atoms with E-state index in [1.807, 2.05) is 36.2 Å². The molecule has 0 radical (unpaired) electrons. The maximum absolute atomic E-state index is 13.1. The third-order valence-corrected chi connectivity index (χ3v) is 4.99. The van der Waals surface area contributed by atoms with E-state index in [-0.39, 0.29) is 11.5 Å². The number of H-pyrrole nitrogens is 1. The number of anilines is 3. The summed E-state index contributed by atoms with van der Waals surface area (Å²) < 4.78 is 0. The van der Waals surface area contributed by atoms with Gasteiger partial charge in [0.1, 0.15) is 11.6 Å². The standard InChI is InChI=1S/C21H21N5O2/c1-3-26-19-16(21(28)25(2)17-6-7-18(27)24-20(17)26)12-15(13-23-19)5-4-14-8-10-22-11-9-14/h6-13H,3-5H2,1-2H3,(H,24,27). The van der Waals surface area contributed by atoms with E-state index in [0.29, 0.717) is 29.4 Å². The number of carbonyl (C=O) groups is 1. The first-order valence-electron chi connectivity index (χ1n) is 9.25. The quantitative estimate of drug-likeness (QED) is 0.758. The molecule has 28 heavy (non-hydrogen) atoms. The smallest absolute Gasteiger partial charge is 0.261 e. The summed E-state index contributed by atoms with van der Waals surface area (Å²) in [5.41, 5.74) is 3.16. The second kappa shape index (κ2) is 7.26. The molecule has 0 atom stereocenters. The first kappa shape index (κ1) is 17.9. The third kappa shape index (κ3) is 3.15. The molecule has 4 rings (SSSR count). The molecule has 0 saturated carbocycles. The highest BCUT2D eigenvalue weighted by Gasteiger charge is 2.30. The van der Waals surface area contributed by atoms with Crippen LogP contribution in [-0.4, -0.2) is 34.5 Å². The Balaban J connectivity index is 1.74. The monoisotopic (exact) mass is 375 g/mol. The van der Waals surface area contributed by atoms with Gasteiger partial charge in [0.2, 0.25) is 5.56 Å². The van der Waals surface area contributed by atoms with Gasteiger partial charge in [0.15, 0.2) is 0 Å². The van der Waals surface area contributed by atoms with Crippen molar-refractivity contribution in [2.24, 2.45) is 0 Å². The average molecular weight is 375 g/mol. The van der Waals surface area contributed by atoms with Crippen LogP contribution in [0.25, 0.3) is 0 Å². The van der Waals surface area contributed by atoms with Crippen LogP contribution in [0.2, 0.25) is 0 Å². The number of hydrogen-bond acceptors (Lipinski definition) is 5.